The van der Waals surface area contributed by atoms with Crippen LogP contribution in [0.1, 0.15) is 32.6 Å². The summed E-state index contributed by atoms with van der Waals surface area (Å²) in [4.78, 5) is 13.5. The third kappa shape index (κ3) is 3.23. The minimum atomic E-state index is -0.308. The number of allylic oxidation sites excluding steroid dienone is 2. The molecule has 1 aliphatic rings. The molecule has 0 aliphatic heterocycles. The Balaban J connectivity index is 2.22. The minimum absolute atomic E-state index is 0.0382. The maximum Gasteiger partial charge on any atom is 0.222 e. The highest BCUT2D eigenvalue weighted by atomic mass is 16.2. The van der Waals surface area contributed by atoms with Crippen molar-refractivity contribution in [2.75, 3.05) is 0 Å². The van der Waals surface area contributed by atoms with Gasteiger partial charge in [-0.1, -0.05) is 31.9 Å². The topological polar surface area (TPSA) is 65.8 Å². The molecular weight excluding hydrogens is 178 g/mol. The summed E-state index contributed by atoms with van der Waals surface area (Å²) in [5, 5.41) is 3.09. The van der Waals surface area contributed by atoms with Crippen molar-refractivity contribution < 1.29 is 4.79 Å². The van der Waals surface area contributed by atoms with Gasteiger partial charge in [0.2, 0.25) is 5.91 Å². The second-order valence-electron chi connectivity index (χ2n) is 3.60. The molecule has 0 radical (unpaired) electrons. The molecule has 4 heteroatoms. The van der Waals surface area contributed by atoms with E-state index >= 15 is 0 Å². The summed E-state index contributed by atoms with van der Waals surface area (Å²) >= 11 is 0. The van der Waals surface area contributed by atoms with Gasteiger partial charge in [-0.05, 0) is 29.4 Å². The number of amides is 1. The van der Waals surface area contributed by atoms with E-state index in [0.717, 1.165) is 12.8 Å². The highest BCUT2D eigenvalue weighted by molar-refractivity contribution is 5.82. The predicted octanol–water partition coefficient (Wildman–Crippen LogP) is 3.21. The number of nitrogens with zero attached hydrogens (tertiary/aromatic N) is 3. The fourth-order valence-electron chi connectivity index (χ4n) is 1.42. The van der Waals surface area contributed by atoms with Gasteiger partial charge in [-0.25, -0.2) is 0 Å². The highest BCUT2D eigenvalue weighted by Gasteiger charge is 2.40. The van der Waals surface area contributed by atoms with Crippen molar-refractivity contribution in [3.05, 3.63) is 22.6 Å². The predicted molar refractivity (Wildman–Crippen MR) is 54.4 cm³/mol. The monoisotopic (exact) mass is 193 g/mol. The maximum absolute atomic E-state index is 11.1. The molecule has 1 rings (SSSR count). The molecule has 2 atom stereocenters. The van der Waals surface area contributed by atoms with Crippen molar-refractivity contribution in [3.63, 3.8) is 0 Å². The largest absolute Gasteiger partial charge is 0.292 e. The van der Waals surface area contributed by atoms with Gasteiger partial charge in [0, 0.05) is 10.8 Å². The average molecular weight is 193 g/mol. The molecule has 1 amide bonds. The molecule has 76 valence electrons. The molecule has 0 spiro atoms. The molecule has 0 N–H and O–H groups in total. The lowest BCUT2D eigenvalue weighted by molar-refractivity contribution is -0.119. The van der Waals surface area contributed by atoms with E-state index in [-0.39, 0.29) is 11.8 Å². The molecule has 1 fully saturated rings. The van der Waals surface area contributed by atoms with Crippen LogP contribution in [0.3, 0.4) is 0 Å². The Labute approximate surface area is 83.6 Å². The zero-order chi connectivity index (χ0) is 10.4. The van der Waals surface area contributed by atoms with Gasteiger partial charge in [-0.2, -0.15) is 0 Å². The number of hydrogen-bond donors (Lipinski definition) is 0. The first kappa shape index (κ1) is 10.8. The molecule has 1 saturated carbocycles. The van der Waals surface area contributed by atoms with E-state index < -0.39 is 0 Å². The molecule has 1 aliphatic carbocycles. The van der Waals surface area contributed by atoms with E-state index in [9.17, 15) is 4.79 Å². The second kappa shape index (κ2) is 5.45. The highest BCUT2D eigenvalue weighted by Crippen LogP contribution is 2.40. The van der Waals surface area contributed by atoms with E-state index in [1.165, 1.54) is 12.8 Å². The van der Waals surface area contributed by atoms with E-state index in [1.54, 1.807) is 0 Å². The van der Waals surface area contributed by atoms with Crippen LogP contribution in [0.15, 0.2) is 17.3 Å². The quantitative estimate of drug-likeness (QED) is 0.217. The minimum Gasteiger partial charge on any atom is -0.292 e. The van der Waals surface area contributed by atoms with Gasteiger partial charge in [0.15, 0.2) is 0 Å². The molecule has 0 saturated heterocycles. The van der Waals surface area contributed by atoms with Crippen molar-refractivity contribution in [1.82, 2.24) is 0 Å². The summed E-state index contributed by atoms with van der Waals surface area (Å²) in [6.07, 6.45) is 8.51. The van der Waals surface area contributed by atoms with Crippen molar-refractivity contribution in [2.45, 2.75) is 32.6 Å². The lowest BCUT2D eigenvalue weighted by Crippen LogP contribution is -1.95. The number of rotatable bonds is 5. The van der Waals surface area contributed by atoms with Gasteiger partial charge >= 0.3 is 0 Å². The zero-order valence-corrected chi connectivity index (χ0v) is 8.39. The molecule has 0 unspecified atom stereocenters. The van der Waals surface area contributed by atoms with Crippen molar-refractivity contribution in [3.8, 4) is 0 Å². The van der Waals surface area contributed by atoms with Crippen LogP contribution in [-0.4, -0.2) is 5.91 Å². The van der Waals surface area contributed by atoms with Gasteiger partial charge in [0.25, 0.3) is 0 Å². The summed E-state index contributed by atoms with van der Waals surface area (Å²) < 4.78 is 0. The summed E-state index contributed by atoms with van der Waals surface area (Å²) in [6.45, 7) is 2.15. The fraction of sp³-hybridized carbons (Fsp3) is 0.700. The van der Waals surface area contributed by atoms with Crippen LogP contribution in [0, 0.1) is 11.8 Å². The van der Waals surface area contributed by atoms with E-state index in [0.29, 0.717) is 5.92 Å². The van der Waals surface area contributed by atoms with E-state index in [4.69, 9.17) is 5.53 Å². The lowest BCUT2D eigenvalue weighted by Gasteiger charge is -1.89. The Morgan fingerprint density at radius 2 is 2.50 bits per heavy atom. The second-order valence-corrected chi connectivity index (χ2v) is 3.60. The third-order valence-electron chi connectivity index (χ3n) is 2.41. The fourth-order valence-corrected chi connectivity index (χ4v) is 1.42. The normalized spacial score (nSPS) is 24.6. The number of carbonyl (C=O) groups is 1. The number of azide groups is 1. The smallest absolute Gasteiger partial charge is 0.222 e. The molecule has 14 heavy (non-hydrogen) atoms. The summed E-state index contributed by atoms with van der Waals surface area (Å²) in [5.74, 6) is -0.0220. The van der Waals surface area contributed by atoms with E-state index in [1.807, 2.05) is 0 Å². The van der Waals surface area contributed by atoms with Gasteiger partial charge in [-0.3, -0.25) is 4.79 Å². The Morgan fingerprint density at radius 1 is 1.71 bits per heavy atom. The van der Waals surface area contributed by atoms with Crippen LogP contribution in [0.25, 0.3) is 10.4 Å². The Bertz CT molecular complexity index is 279. The van der Waals surface area contributed by atoms with E-state index in [2.05, 4.69) is 29.1 Å². The van der Waals surface area contributed by atoms with Crippen LogP contribution >= 0.6 is 0 Å². The molecule has 0 heterocycles. The van der Waals surface area contributed by atoms with Gasteiger partial charge in [0.05, 0.1) is 0 Å². The molecular formula is C10H15N3O. The van der Waals surface area contributed by atoms with Crippen LogP contribution in [0.5, 0.6) is 0 Å². The Kier molecular flexibility index (Phi) is 4.20. The van der Waals surface area contributed by atoms with Crippen molar-refractivity contribution >= 4 is 5.91 Å². The Hall–Kier alpha value is -1.28. The van der Waals surface area contributed by atoms with Crippen LogP contribution in [0.2, 0.25) is 0 Å². The molecule has 0 aromatic rings. The molecule has 0 bridgehead atoms. The SMILES string of the molecule is CCCC/C=C\[C@@H]1C[C@@H]1C(=O)N=[N+]=[N-]. The van der Waals surface area contributed by atoms with Gasteiger partial charge in [0.1, 0.15) is 0 Å². The van der Waals surface area contributed by atoms with Gasteiger partial charge in [-0.15, -0.1) is 0 Å². The number of unbranched alkanes of at least 4 members (excludes halogenated alkanes) is 2. The lowest BCUT2D eigenvalue weighted by atomic mass is 10.2. The van der Waals surface area contributed by atoms with Crippen molar-refractivity contribution in [1.29, 1.82) is 0 Å². The van der Waals surface area contributed by atoms with Crippen LogP contribution < -0.4 is 0 Å². The molecule has 0 aromatic heterocycles. The Morgan fingerprint density at radius 3 is 3.14 bits per heavy atom. The first-order valence-corrected chi connectivity index (χ1v) is 5.05. The van der Waals surface area contributed by atoms with Crippen LogP contribution in [0.4, 0.5) is 0 Å². The van der Waals surface area contributed by atoms with Crippen molar-refractivity contribution in [2.24, 2.45) is 17.0 Å². The molecule has 0 aromatic carbocycles. The van der Waals surface area contributed by atoms with Crippen LogP contribution in [-0.2, 0) is 4.79 Å². The molecule has 4 nitrogen and oxygen atoms in total. The maximum atomic E-state index is 11.1. The number of carbonyl (C=O) groups excluding carboxylic acids is 1. The summed E-state index contributed by atoms with van der Waals surface area (Å²) in [7, 11) is 0. The number of hydrogen-bond acceptors (Lipinski definition) is 1. The standard InChI is InChI=1S/C10H15N3O/c1-2-3-4-5-6-8-7-9(8)10(14)12-13-11/h5-6,8-9H,2-4,7H2,1H3/b6-5-/t8-,9+/m1/s1. The zero-order valence-electron chi connectivity index (χ0n) is 8.39. The first-order chi connectivity index (χ1) is 6.79. The summed E-state index contributed by atoms with van der Waals surface area (Å²) in [5.41, 5.74) is 8.07. The average Bonchev–Trinajstić information content (AvgIpc) is 2.92. The third-order valence-corrected chi connectivity index (χ3v) is 2.41. The first-order valence-electron chi connectivity index (χ1n) is 5.05. The van der Waals surface area contributed by atoms with Gasteiger partial charge < -0.3 is 0 Å². The summed E-state index contributed by atoms with van der Waals surface area (Å²) in [6, 6.07) is 0.